The summed E-state index contributed by atoms with van der Waals surface area (Å²) >= 11 is 0. The summed E-state index contributed by atoms with van der Waals surface area (Å²) < 4.78 is 0. The summed E-state index contributed by atoms with van der Waals surface area (Å²) in [5, 5.41) is 2.86. The van der Waals surface area contributed by atoms with E-state index in [2.05, 4.69) is 19.2 Å². The van der Waals surface area contributed by atoms with Crippen molar-refractivity contribution in [3.8, 4) is 0 Å². The molecule has 0 aromatic heterocycles. The number of rotatable bonds is 1. The second-order valence-electron chi connectivity index (χ2n) is 3.44. The maximum Gasteiger partial charge on any atom is 0.223 e. The first-order chi connectivity index (χ1) is 4.63. The second kappa shape index (κ2) is 2.60. The van der Waals surface area contributed by atoms with Crippen LogP contribution in [0.5, 0.6) is 0 Å². The van der Waals surface area contributed by atoms with Crippen molar-refractivity contribution in [2.24, 2.45) is 17.8 Å². The first kappa shape index (κ1) is 7.58. The van der Waals surface area contributed by atoms with Crippen LogP contribution in [0.4, 0.5) is 0 Å². The summed E-state index contributed by atoms with van der Waals surface area (Å²) in [6.45, 7) is 7.22. The van der Waals surface area contributed by atoms with E-state index in [1.54, 1.807) is 0 Å². The SMILES string of the molecule is CC(C)C1CNC(=O)C1C. The molecule has 1 fully saturated rings. The Labute approximate surface area is 62.0 Å². The molecule has 0 aromatic rings. The van der Waals surface area contributed by atoms with Crippen molar-refractivity contribution in [3.63, 3.8) is 0 Å². The average molecular weight is 141 g/mol. The zero-order valence-corrected chi connectivity index (χ0v) is 6.85. The fourth-order valence-electron chi connectivity index (χ4n) is 1.56. The van der Waals surface area contributed by atoms with E-state index in [0.717, 1.165) is 6.54 Å². The Balaban J connectivity index is 2.57. The molecule has 1 aliphatic heterocycles. The van der Waals surface area contributed by atoms with Crippen LogP contribution in [0.15, 0.2) is 0 Å². The maximum atomic E-state index is 11.0. The van der Waals surface area contributed by atoms with Crippen LogP contribution < -0.4 is 5.32 Å². The molecule has 0 aromatic carbocycles. The van der Waals surface area contributed by atoms with E-state index < -0.39 is 0 Å². The van der Waals surface area contributed by atoms with E-state index in [-0.39, 0.29) is 11.8 Å². The van der Waals surface area contributed by atoms with Gasteiger partial charge in [0.1, 0.15) is 0 Å². The number of nitrogens with one attached hydrogen (secondary N) is 1. The van der Waals surface area contributed by atoms with Gasteiger partial charge in [-0.15, -0.1) is 0 Å². The summed E-state index contributed by atoms with van der Waals surface area (Å²) in [5.41, 5.74) is 0. The van der Waals surface area contributed by atoms with Gasteiger partial charge >= 0.3 is 0 Å². The van der Waals surface area contributed by atoms with Crippen LogP contribution in [0.1, 0.15) is 20.8 Å². The Morgan fingerprint density at radius 2 is 2.20 bits per heavy atom. The highest BCUT2D eigenvalue weighted by Gasteiger charge is 2.32. The molecule has 0 spiro atoms. The van der Waals surface area contributed by atoms with Gasteiger partial charge in [0, 0.05) is 12.5 Å². The first-order valence-corrected chi connectivity index (χ1v) is 3.90. The third kappa shape index (κ3) is 1.15. The lowest BCUT2D eigenvalue weighted by atomic mass is 9.87. The lowest BCUT2D eigenvalue weighted by Crippen LogP contribution is -2.17. The summed E-state index contributed by atoms with van der Waals surface area (Å²) in [4.78, 5) is 11.0. The van der Waals surface area contributed by atoms with E-state index in [9.17, 15) is 4.79 Å². The smallest absolute Gasteiger partial charge is 0.223 e. The van der Waals surface area contributed by atoms with Crippen LogP contribution >= 0.6 is 0 Å². The van der Waals surface area contributed by atoms with Gasteiger partial charge in [-0.1, -0.05) is 20.8 Å². The van der Waals surface area contributed by atoms with Crippen LogP contribution in [0.3, 0.4) is 0 Å². The van der Waals surface area contributed by atoms with Gasteiger partial charge in [-0.3, -0.25) is 4.79 Å². The fraction of sp³-hybridized carbons (Fsp3) is 0.875. The molecule has 1 aliphatic rings. The highest BCUT2D eigenvalue weighted by Crippen LogP contribution is 2.24. The minimum Gasteiger partial charge on any atom is -0.356 e. The molecule has 0 saturated carbocycles. The lowest BCUT2D eigenvalue weighted by Gasteiger charge is -2.15. The van der Waals surface area contributed by atoms with Gasteiger partial charge in [0.05, 0.1) is 0 Å². The minimum absolute atomic E-state index is 0.221. The Kier molecular flexibility index (Phi) is 1.97. The van der Waals surface area contributed by atoms with Crippen LogP contribution in [-0.4, -0.2) is 12.5 Å². The van der Waals surface area contributed by atoms with Crippen molar-refractivity contribution in [3.05, 3.63) is 0 Å². The predicted molar refractivity (Wildman–Crippen MR) is 40.5 cm³/mol. The van der Waals surface area contributed by atoms with Gasteiger partial charge in [-0.25, -0.2) is 0 Å². The van der Waals surface area contributed by atoms with Gasteiger partial charge in [0.25, 0.3) is 0 Å². The standard InChI is InChI=1S/C8H15NO/c1-5(2)7-4-9-8(10)6(7)3/h5-7H,4H2,1-3H3,(H,9,10). The van der Waals surface area contributed by atoms with Crippen molar-refractivity contribution in [2.75, 3.05) is 6.54 Å². The number of carbonyl (C=O) groups excluding carboxylic acids is 1. The van der Waals surface area contributed by atoms with E-state index in [1.165, 1.54) is 0 Å². The Morgan fingerprint density at radius 3 is 2.40 bits per heavy atom. The van der Waals surface area contributed by atoms with E-state index >= 15 is 0 Å². The first-order valence-electron chi connectivity index (χ1n) is 3.90. The molecule has 2 atom stereocenters. The molecule has 0 bridgehead atoms. The molecule has 0 radical (unpaired) electrons. The molecule has 2 nitrogen and oxygen atoms in total. The third-order valence-electron chi connectivity index (χ3n) is 2.42. The quantitative estimate of drug-likeness (QED) is 0.580. The molecule has 1 amide bonds. The van der Waals surface area contributed by atoms with Crippen molar-refractivity contribution in [1.29, 1.82) is 0 Å². The van der Waals surface area contributed by atoms with Crippen LogP contribution in [-0.2, 0) is 4.79 Å². The van der Waals surface area contributed by atoms with Crippen molar-refractivity contribution < 1.29 is 4.79 Å². The third-order valence-corrected chi connectivity index (χ3v) is 2.42. The number of hydrogen-bond donors (Lipinski definition) is 1. The minimum atomic E-state index is 0.221. The molecular weight excluding hydrogens is 126 g/mol. The molecule has 1 saturated heterocycles. The average Bonchev–Trinajstić information content (AvgIpc) is 2.14. The lowest BCUT2D eigenvalue weighted by molar-refractivity contribution is -0.122. The Bertz CT molecular complexity index is 142. The van der Waals surface area contributed by atoms with Crippen LogP contribution in [0.25, 0.3) is 0 Å². The highest BCUT2D eigenvalue weighted by atomic mass is 16.2. The van der Waals surface area contributed by atoms with Gasteiger partial charge in [0.15, 0.2) is 0 Å². The Morgan fingerprint density at radius 1 is 1.60 bits per heavy atom. The predicted octanol–water partition coefficient (Wildman–Crippen LogP) is 1.02. The summed E-state index contributed by atoms with van der Waals surface area (Å²) in [6, 6.07) is 0. The monoisotopic (exact) mass is 141 g/mol. The highest BCUT2D eigenvalue weighted by molar-refractivity contribution is 5.80. The summed E-state index contributed by atoms with van der Waals surface area (Å²) in [6.07, 6.45) is 0. The van der Waals surface area contributed by atoms with Gasteiger partial charge < -0.3 is 5.32 Å². The van der Waals surface area contributed by atoms with E-state index in [4.69, 9.17) is 0 Å². The van der Waals surface area contributed by atoms with E-state index in [0.29, 0.717) is 11.8 Å². The maximum absolute atomic E-state index is 11.0. The summed E-state index contributed by atoms with van der Waals surface area (Å²) in [5.74, 6) is 1.61. The largest absolute Gasteiger partial charge is 0.356 e. The zero-order valence-electron chi connectivity index (χ0n) is 6.85. The second-order valence-corrected chi connectivity index (χ2v) is 3.44. The number of carbonyl (C=O) groups is 1. The molecule has 10 heavy (non-hydrogen) atoms. The Hall–Kier alpha value is -0.530. The number of amides is 1. The molecule has 1 rings (SSSR count). The molecule has 1 heterocycles. The molecule has 58 valence electrons. The normalized spacial score (nSPS) is 33.0. The molecular formula is C8H15NO. The number of hydrogen-bond acceptors (Lipinski definition) is 1. The van der Waals surface area contributed by atoms with Crippen LogP contribution in [0.2, 0.25) is 0 Å². The van der Waals surface area contributed by atoms with E-state index in [1.807, 2.05) is 6.92 Å². The van der Waals surface area contributed by atoms with Gasteiger partial charge in [-0.05, 0) is 11.8 Å². The van der Waals surface area contributed by atoms with Crippen molar-refractivity contribution in [1.82, 2.24) is 5.32 Å². The summed E-state index contributed by atoms with van der Waals surface area (Å²) in [7, 11) is 0. The molecule has 2 unspecified atom stereocenters. The van der Waals surface area contributed by atoms with Gasteiger partial charge in [-0.2, -0.15) is 0 Å². The molecule has 2 heteroatoms. The molecule has 1 N–H and O–H groups in total. The van der Waals surface area contributed by atoms with Gasteiger partial charge in [0.2, 0.25) is 5.91 Å². The zero-order chi connectivity index (χ0) is 7.72. The van der Waals surface area contributed by atoms with Crippen molar-refractivity contribution >= 4 is 5.91 Å². The fourth-order valence-corrected chi connectivity index (χ4v) is 1.56. The topological polar surface area (TPSA) is 29.1 Å². The van der Waals surface area contributed by atoms with Crippen LogP contribution in [0, 0.1) is 17.8 Å². The van der Waals surface area contributed by atoms with Crippen molar-refractivity contribution in [2.45, 2.75) is 20.8 Å². The molecule has 0 aliphatic carbocycles.